The number of piperazine rings is 1. The van der Waals surface area contributed by atoms with Crippen molar-refractivity contribution in [2.45, 2.75) is 19.0 Å². The predicted molar refractivity (Wildman–Crippen MR) is 86.4 cm³/mol. The number of amides is 2. The standard InChI is InChI=1S/C18H19F3N2O2/c19-18(20,21)15-6-1-13(2-7-15)3-8-16(24)22-9-11-23(12-10-22)17(25)14-4-5-14/h1-3,6-8,14H,4-5,9-12H2/b8-3+. The Morgan fingerprint density at radius 2 is 1.52 bits per heavy atom. The Kier molecular flexibility index (Phi) is 4.83. The molecule has 0 unspecified atom stereocenters. The Balaban J connectivity index is 1.52. The van der Waals surface area contributed by atoms with Gasteiger partial charge in [0.05, 0.1) is 5.56 Å². The van der Waals surface area contributed by atoms with Crippen LogP contribution in [0.25, 0.3) is 6.08 Å². The molecule has 134 valence electrons. The summed E-state index contributed by atoms with van der Waals surface area (Å²) in [5.41, 5.74) is -0.184. The van der Waals surface area contributed by atoms with Crippen LogP contribution in [0.5, 0.6) is 0 Å². The minimum absolute atomic E-state index is 0.182. The Hall–Kier alpha value is -2.31. The third kappa shape index (κ3) is 4.41. The van der Waals surface area contributed by atoms with Crippen molar-refractivity contribution in [3.63, 3.8) is 0 Å². The largest absolute Gasteiger partial charge is 0.416 e. The van der Waals surface area contributed by atoms with Gasteiger partial charge in [0.2, 0.25) is 11.8 Å². The van der Waals surface area contributed by atoms with E-state index in [4.69, 9.17) is 0 Å². The lowest BCUT2D eigenvalue weighted by atomic mass is 10.1. The van der Waals surface area contributed by atoms with Crippen molar-refractivity contribution in [3.8, 4) is 0 Å². The van der Waals surface area contributed by atoms with E-state index >= 15 is 0 Å². The lowest BCUT2D eigenvalue weighted by Crippen LogP contribution is -2.50. The molecule has 4 nitrogen and oxygen atoms in total. The van der Waals surface area contributed by atoms with Gasteiger partial charge in [-0.3, -0.25) is 9.59 Å². The van der Waals surface area contributed by atoms with Gasteiger partial charge in [0.1, 0.15) is 0 Å². The SMILES string of the molecule is O=C(/C=C/c1ccc(C(F)(F)F)cc1)N1CCN(C(=O)C2CC2)CC1. The maximum Gasteiger partial charge on any atom is 0.416 e. The summed E-state index contributed by atoms with van der Waals surface area (Å²) in [6, 6.07) is 4.65. The van der Waals surface area contributed by atoms with Crippen molar-refractivity contribution in [2.24, 2.45) is 5.92 Å². The van der Waals surface area contributed by atoms with E-state index < -0.39 is 11.7 Å². The summed E-state index contributed by atoms with van der Waals surface area (Å²) in [5.74, 6) is 0.174. The summed E-state index contributed by atoms with van der Waals surface area (Å²) in [5, 5.41) is 0. The molecule has 1 heterocycles. The predicted octanol–water partition coefficient (Wildman–Crippen LogP) is 2.80. The van der Waals surface area contributed by atoms with Crippen LogP contribution >= 0.6 is 0 Å². The number of hydrogen-bond donors (Lipinski definition) is 0. The van der Waals surface area contributed by atoms with Gasteiger partial charge in [0.25, 0.3) is 0 Å². The highest BCUT2D eigenvalue weighted by Crippen LogP contribution is 2.31. The van der Waals surface area contributed by atoms with Gasteiger partial charge in [-0.15, -0.1) is 0 Å². The Bertz CT molecular complexity index is 671. The third-order valence-electron chi connectivity index (χ3n) is 4.49. The second-order valence-electron chi connectivity index (χ2n) is 6.38. The van der Waals surface area contributed by atoms with Crippen molar-refractivity contribution in [2.75, 3.05) is 26.2 Å². The molecule has 1 aromatic rings. The smallest absolute Gasteiger partial charge is 0.339 e. The van der Waals surface area contributed by atoms with Gasteiger partial charge < -0.3 is 9.80 Å². The van der Waals surface area contributed by atoms with E-state index in [1.807, 2.05) is 0 Å². The molecule has 25 heavy (non-hydrogen) atoms. The summed E-state index contributed by atoms with van der Waals surface area (Å²) in [6.45, 7) is 2.04. The molecule has 0 spiro atoms. The zero-order valence-corrected chi connectivity index (χ0v) is 13.6. The van der Waals surface area contributed by atoms with E-state index in [1.165, 1.54) is 24.3 Å². The Morgan fingerprint density at radius 3 is 2.04 bits per heavy atom. The van der Waals surface area contributed by atoms with Crippen molar-refractivity contribution in [1.29, 1.82) is 0 Å². The molecule has 1 aromatic carbocycles. The fraction of sp³-hybridized carbons (Fsp3) is 0.444. The van der Waals surface area contributed by atoms with Crippen molar-refractivity contribution in [3.05, 3.63) is 41.5 Å². The molecule has 3 rings (SSSR count). The van der Waals surface area contributed by atoms with Crippen LogP contribution in [0.15, 0.2) is 30.3 Å². The lowest BCUT2D eigenvalue weighted by molar-refractivity contribution is -0.138. The van der Waals surface area contributed by atoms with Crippen LogP contribution in [0, 0.1) is 5.92 Å². The molecule has 1 aliphatic carbocycles. The molecular weight excluding hydrogens is 333 g/mol. The summed E-state index contributed by atoms with van der Waals surface area (Å²) >= 11 is 0. The fourth-order valence-electron chi connectivity index (χ4n) is 2.79. The Labute approximate surface area is 143 Å². The third-order valence-corrected chi connectivity index (χ3v) is 4.49. The summed E-state index contributed by atoms with van der Waals surface area (Å²) in [7, 11) is 0. The van der Waals surface area contributed by atoms with Crippen LogP contribution in [-0.4, -0.2) is 47.8 Å². The van der Waals surface area contributed by atoms with Crippen LogP contribution in [0.1, 0.15) is 24.0 Å². The molecule has 1 saturated heterocycles. The van der Waals surface area contributed by atoms with Gasteiger partial charge in [0, 0.05) is 38.2 Å². The molecule has 0 N–H and O–H groups in total. The minimum Gasteiger partial charge on any atom is -0.339 e. The van der Waals surface area contributed by atoms with E-state index in [-0.39, 0.29) is 17.7 Å². The molecular formula is C18H19F3N2O2. The molecule has 0 radical (unpaired) electrons. The molecule has 0 aromatic heterocycles. The fourth-order valence-corrected chi connectivity index (χ4v) is 2.79. The van der Waals surface area contributed by atoms with Crippen LogP contribution in [0.4, 0.5) is 13.2 Å². The first-order chi connectivity index (χ1) is 11.8. The van der Waals surface area contributed by atoms with Gasteiger partial charge in [-0.1, -0.05) is 12.1 Å². The topological polar surface area (TPSA) is 40.6 Å². The highest BCUT2D eigenvalue weighted by molar-refractivity contribution is 5.92. The number of carbonyl (C=O) groups excluding carboxylic acids is 2. The van der Waals surface area contributed by atoms with Gasteiger partial charge in [-0.25, -0.2) is 0 Å². The van der Waals surface area contributed by atoms with Crippen LogP contribution in [-0.2, 0) is 15.8 Å². The van der Waals surface area contributed by atoms with Gasteiger partial charge >= 0.3 is 6.18 Å². The van der Waals surface area contributed by atoms with E-state index in [9.17, 15) is 22.8 Å². The van der Waals surface area contributed by atoms with E-state index in [1.54, 1.807) is 9.80 Å². The lowest BCUT2D eigenvalue weighted by Gasteiger charge is -2.34. The average Bonchev–Trinajstić information content (AvgIpc) is 3.44. The number of carbonyl (C=O) groups is 2. The quantitative estimate of drug-likeness (QED) is 0.785. The highest BCUT2D eigenvalue weighted by atomic mass is 19.4. The second-order valence-corrected chi connectivity index (χ2v) is 6.38. The van der Waals surface area contributed by atoms with Crippen molar-refractivity contribution >= 4 is 17.9 Å². The molecule has 1 saturated carbocycles. The number of benzene rings is 1. The zero-order valence-electron chi connectivity index (χ0n) is 13.6. The van der Waals surface area contributed by atoms with Gasteiger partial charge in [-0.05, 0) is 36.6 Å². The maximum absolute atomic E-state index is 12.5. The molecule has 2 fully saturated rings. The molecule has 0 atom stereocenters. The number of nitrogens with zero attached hydrogens (tertiary/aromatic N) is 2. The number of rotatable bonds is 3. The van der Waals surface area contributed by atoms with Crippen molar-refractivity contribution in [1.82, 2.24) is 9.80 Å². The normalized spacial score (nSPS) is 18.7. The second kappa shape index (κ2) is 6.90. The average molecular weight is 352 g/mol. The maximum atomic E-state index is 12.5. The summed E-state index contributed by atoms with van der Waals surface area (Å²) < 4.78 is 37.5. The summed E-state index contributed by atoms with van der Waals surface area (Å²) in [4.78, 5) is 27.6. The van der Waals surface area contributed by atoms with Crippen LogP contribution in [0.3, 0.4) is 0 Å². The van der Waals surface area contributed by atoms with Crippen LogP contribution in [0.2, 0.25) is 0 Å². The Morgan fingerprint density at radius 1 is 0.960 bits per heavy atom. The molecule has 2 aliphatic rings. The van der Waals surface area contributed by atoms with Gasteiger partial charge in [0.15, 0.2) is 0 Å². The van der Waals surface area contributed by atoms with E-state index in [0.717, 1.165) is 25.0 Å². The molecule has 2 amide bonds. The van der Waals surface area contributed by atoms with Crippen LogP contribution < -0.4 is 0 Å². The molecule has 1 aliphatic heterocycles. The first-order valence-electron chi connectivity index (χ1n) is 8.27. The van der Waals surface area contributed by atoms with E-state index in [2.05, 4.69) is 0 Å². The van der Waals surface area contributed by atoms with E-state index in [0.29, 0.717) is 31.7 Å². The number of halogens is 3. The first kappa shape index (κ1) is 17.5. The first-order valence-corrected chi connectivity index (χ1v) is 8.27. The monoisotopic (exact) mass is 352 g/mol. The zero-order chi connectivity index (χ0) is 18.0. The number of hydrogen-bond acceptors (Lipinski definition) is 2. The summed E-state index contributed by atoms with van der Waals surface area (Å²) in [6.07, 6.45) is 0.433. The number of alkyl halides is 3. The molecule has 0 bridgehead atoms. The minimum atomic E-state index is -4.37. The van der Waals surface area contributed by atoms with Gasteiger partial charge in [-0.2, -0.15) is 13.2 Å². The van der Waals surface area contributed by atoms with Crippen molar-refractivity contribution < 1.29 is 22.8 Å². The highest BCUT2D eigenvalue weighted by Gasteiger charge is 2.35. The molecule has 7 heteroatoms.